The molecule has 0 saturated carbocycles. The standard InChI is InChI=1S/C14H31N3O/c1-13(2)11-14(12-15,7-10-18-13)17(5)9-6-8-16(3)4/h6-12,15H2,1-5H3. The molecule has 2 N–H and O–H groups in total. The van der Waals surface area contributed by atoms with Gasteiger partial charge in [-0.3, -0.25) is 4.90 Å². The average molecular weight is 257 g/mol. The molecule has 4 nitrogen and oxygen atoms in total. The Morgan fingerprint density at radius 3 is 2.33 bits per heavy atom. The van der Waals surface area contributed by atoms with E-state index in [0.29, 0.717) is 0 Å². The van der Waals surface area contributed by atoms with Crippen molar-refractivity contribution in [3.8, 4) is 0 Å². The second-order valence-corrected chi connectivity index (χ2v) is 6.54. The summed E-state index contributed by atoms with van der Waals surface area (Å²) in [5.41, 5.74) is 6.16. The molecule has 0 aliphatic carbocycles. The summed E-state index contributed by atoms with van der Waals surface area (Å²) in [5, 5.41) is 0. The van der Waals surface area contributed by atoms with Crippen LogP contribution in [0.3, 0.4) is 0 Å². The molecule has 1 aliphatic heterocycles. The van der Waals surface area contributed by atoms with Crippen LogP contribution < -0.4 is 5.73 Å². The first-order valence-electron chi connectivity index (χ1n) is 7.01. The molecule has 0 aromatic rings. The van der Waals surface area contributed by atoms with Crippen LogP contribution in [0.1, 0.15) is 33.1 Å². The first kappa shape index (κ1) is 15.9. The summed E-state index contributed by atoms with van der Waals surface area (Å²) in [6.45, 7) is 8.12. The predicted molar refractivity (Wildman–Crippen MR) is 76.9 cm³/mol. The lowest BCUT2D eigenvalue weighted by molar-refractivity contribution is -0.113. The van der Waals surface area contributed by atoms with Crippen LogP contribution in [0.15, 0.2) is 0 Å². The lowest BCUT2D eigenvalue weighted by Gasteiger charge is -2.49. The number of hydrogen-bond acceptors (Lipinski definition) is 4. The van der Waals surface area contributed by atoms with Gasteiger partial charge >= 0.3 is 0 Å². The molecular formula is C14H31N3O. The van der Waals surface area contributed by atoms with Crippen LogP contribution in [-0.4, -0.2) is 68.3 Å². The normalized spacial score (nSPS) is 28.0. The maximum atomic E-state index is 6.08. The molecule has 1 fully saturated rings. The van der Waals surface area contributed by atoms with Crippen LogP contribution in [0.5, 0.6) is 0 Å². The average Bonchev–Trinajstić information content (AvgIpc) is 2.26. The fourth-order valence-corrected chi connectivity index (χ4v) is 2.97. The van der Waals surface area contributed by atoms with Gasteiger partial charge in [-0.2, -0.15) is 0 Å². The van der Waals surface area contributed by atoms with Gasteiger partial charge in [-0.25, -0.2) is 0 Å². The maximum absolute atomic E-state index is 6.08. The van der Waals surface area contributed by atoms with Crippen molar-refractivity contribution in [2.75, 3.05) is 47.4 Å². The van der Waals surface area contributed by atoms with E-state index in [9.17, 15) is 0 Å². The highest BCUT2D eigenvalue weighted by Crippen LogP contribution is 2.35. The number of likely N-dealkylation sites (N-methyl/N-ethyl adjacent to an activating group) is 1. The van der Waals surface area contributed by atoms with E-state index >= 15 is 0 Å². The third kappa shape index (κ3) is 4.19. The fourth-order valence-electron chi connectivity index (χ4n) is 2.97. The summed E-state index contributed by atoms with van der Waals surface area (Å²) >= 11 is 0. The van der Waals surface area contributed by atoms with Crippen molar-refractivity contribution in [2.24, 2.45) is 5.73 Å². The van der Waals surface area contributed by atoms with Crippen LogP contribution >= 0.6 is 0 Å². The molecule has 1 unspecified atom stereocenters. The van der Waals surface area contributed by atoms with Gasteiger partial charge < -0.3 is 15.4 Å². The summed E-state index contributed by atoms with van der Waals surface area (Å²) in [6.07, 6.45) is 3.26. The smallest absolute Gasteiger partial charge is 0.0644 e. The molecule has 0 radical (unpaired) electrons. The van der Waals surface area contributed by atoms with Gasteiger partial charge in [0.05, 0.1) is 5.60 Å². The summed E-state index contributed by atoms with van der Waals surface area (Å²) < 4.78 is 5.82. The van der Waals surface area contributed by atoms with Crippen LogP contribution in [0.25, 0.3) is 0 Å². The maximum Gasteiger partial charge on any atom is 0.0644 e. The largest absolute Gasteiger partial charge is 0.375 e. The van der Waals surface area contributed by atoms with Gasteiger partial charge in [-0.05, 0) is 67.3 Å². The SMILES string of the molecule is CN(C)CCCN(C)C1(CN)CCOC(C)(C)C1. The minimum Gasteiger partial charge on any atom is -0.375 e. The van der Waals surface area contributed by atoms with E-state index in [0.717, 1.165) is 39.1 Å². The molecular weight excluding hydrogens is 226 g/mol. The molecule has 4 heteroatoms. The van der Waals surface area contributed by atoms with E-state index in [1.807, 2.05) is 0 Å². The molecule has 1 aliphatic rings. The van der Waals surface area contributed by atoms with Gasteiger partial charge in [0.1, 0.15) is 0 Å². The minimum absolute atomic E-state index is 0.0482. The third-order valence-electron chi connectivity index (χ3n) is 4.10. The molecule has 0 aromatic heterocycles. The second kappa shape index (κ2) is 6.33. The first-order chi connectivity index (χ1) is 8.31. The highest BCUT2D eigenvalue weighted by atomic mass is 16.5. The Morgan fingerprint density at radius 1 is 1.17 bits per heavy atom. The topological polar surface area (TPSA) is 41.7 Å². The van der Waals surface area contributed by atoms with E-state index in [1.165, 1.54) is 6.42 Å². The number of hydrogen-bond donors (Lipinski definition) is 1. The van der Waals surface area contributed by atoms with Crippen LogP contribution in [0.4, 0.5) is 0 Å². The zero-order valence-electron chi connectivity index (χ0n) is 12.8. The monoisotopic (exact) mass is 257 g/mol. The molecule has 1 rings (SSSR count). The van der Waals surface area contributed by atoms with Gasteiger partial charge in [0.25, 0.3) is 0 Å². The van der Waals surface area contributed by atoms with E-state index in [-0.39, 0.29) is 11.1 Å². The van der Waals surface area contributed by atoms with Crippen molar-refractivity contribution in [1.29, 1.82) is 0 Å². The van der Waals surface area contributed by atoms with Gasteiger partial charge in [0.15, 0.2) is 0 Å². The van der Waals surface area contributed by atoms with Crippen molar-refractivity contribution in [2.45, 2.75) is 44.2 Å². The van der Waals surface area contributed by atoms with Gasteiger partial charge in [0.2, 0.25) is 0 Å². The molecule has 0 amide bonds. The third-order valence-corrected chi connectivity index (χ3v) is 4.10. The van der Waals surface area contributed by atoms with Crippen molar-refractivity contribution in [3.05, 3.63) is 0 Å². The number of rotatable bonds is 6. The lowest BCUT2D eigenvalue weighted by Crippen LogP contribution is -2.59. The van der Waals surface area contributed by atoms with Crippen LogP contribution in [-0.2, 0) is 4.74 Å². The van der Waals surface area contributed by atoms with Crippen LogP contribution in [0.2, 0.25) is 0 Å². The summed E-state index contributed by atoms with van der Waals surface area (Å²) in [6, 6.07) is 0. The molecule has 0 aromatic carbocycles. The van der Waals surface area contributed by atoms with Crippen molar-refractivity contribution in [1.82, 2.24) is 9.80 Å². The Morgan fingerprint density at radius 2 is 1.83 bits per heavy atom. The van der Waals surface area contributed by atoms with Crippen molar-refractivity contribution in [3.63, 3.8) is 0 Å². The Bertz CT molecular complexity index is 255. The molecule has 18 heavy (non-hydrogen) atoms. The van der Waals surface area contributed by atoms with Crippen molar-refractivity contribution >= 4 is 0 Å². The summed E-state index contributed by atoms with van der Waals surface area (Å²) in [4.78, 5) is 4.69. The van der Waals surface area contributed by atoms with Crippen LogP contribution in [0, 0.1) is 0 Å². The van der Waals surface area contributed by atoms with Gasteiger partial charge in [-0.15, -0.1) is 0 Å². The highest BCUT2D eigenvalue weighted by Gasteiger charge is 2.42. The Balaban J connectivity index is 2.57. The molecule has 1 heterocycles. The van der Waals surface area contributed by atoms with E-state index in [1.54, 1.807) is 0 Å². The zero-order chi connectivity index (χ0) is 13.8. The predicted octanol–water partition coefficient (Wildman–Crippen LogP) is 1.16. The second-order valence-electron chi connectivity index (χ2n) is 6.54. The first-order valence-corrected chi connectivity index (χ1v) is 7.01. The Hall–Kier alpha value is -0.160. The van der Waals surface area contributed by atoms with Gasteiger partial charge in [-0.1, -0.05) is 0 Å². The van der Waals surface area contributed by atoms with E-state index < -0.39 is 0 Å². The zero-order valence-corrected chi connectivity index (χ0v) is 12.8. The number of nitrogens with two attached hydrogens (primary N) is 1. The minimum atomic E-state index is -0.0482. The lowest BCUT2D eigenvalue weighted by atomic mass is 9.80. The molecule has 0 bridgehead atoms. The number of nitrogens with zero attached hydrogens (tertiary/aromatic N) is 2. The quantitative estimate of drug-likeness (QED) is 0.775. The molecule has 1 atom stereocenters. The van der Waals surface area contributed by atoms with Crippen molar-refractivity contribution < 1.29 is 4.74 Å². The molecule has 0 spiro atoms. The Kier molecular flexibility index (Phi) is 5.59. The fraction of sp³-hybridized carbons (Fsp3) is 1.00. The summed E-state index contributed by atoms with van der Waals surface area (Å²) in [5.74, 6) is 0. The molecule has 108 valence electrons. The highest BCUT2D eigenvalue weighted by molar-refractivity contribution is 4.98. The van der Waals surface area contributed by atoms with E-state index in [4.69, 9.17) is 10.5 Å². The van der Waals surface area contributed by atoms with E-state index in [2.05, 4.69) is 44.8 Å². The number of ether oxygens (including phenoxy) is 1. The Labute approximate surface area is 112 Å². The van der Waals surface area contributed by atoms with Gasteiger partial charge in [0, 0.05) is 18.7 Å². The summed E-state index contributed by atoms with van der Waals surface area (Å²) in [7, 11) is 6.45. The molecule has 1 saturated heterocycles.